The summed E-state index contributed by atoms with van der Waals surface area (Å²) in [4.78, 5) is 2.64. The zero-order valence-corrected chi connectivity index (χ0v) is 16.0. The lowest BCUT2D eigenvalue weighted by molar-refractivity contribution is 0.164. The van der Waals surface area contributed by atoms with Gasteiger partial charge in [0, 0.05) is 32.2 Å². The fraction of sp³-hybridized carbons (Fsp3) is 0.667. The van der Waals surface area contributed by atoms with Crippen LogP contribution in [0.15, 0.2) is 24.3 Å². The van der Waals surface area contributed by atoms with E-state index in [1.165, 1.54) is 37.1 Å². The van der Waals surface area contributed by atoms with Crippen LogP contribution in [0.25, 0.3) is 0 Å². The molecular formula is C18H32Cl2N2. The summed E-state index contributed by atoms with van der Waals surface area (Å²) in [7, 11) is 0. The van der Waals surface area contributed by atoms with Crippen molar-refractivity contribution in [1.29, 1.82) is 0 Å². The van der Waals surface area contributed by atoms with Crippen LogP contribution < -0.4 is 5.32 Å². The van der Waals surface area contributed by atoms with Gasteiger partial charge in [-0.05, 0) is 23.0 Å². The van der Waals surface area contributed by atoms with Gasteiger partial charge in [0.05, 0.1) is 0 Å². The van der Waals surface area contributed by atoms with E-state index in [1.54, 1.807) is 0 Å². The van der Waals surface area contributed by atoms with Gasteiger partial charge in [0.25, 0.3) is 0 Å². The average molecular weight is 347 g/mol. The molecule has 1 fully saturated rings. The molecule has 2 rings (SSSR count). The summed E-state index contributed by atoms with van der Waals surface area (Å²) < 4.78 is 0. The Bertz CT molecular complexity index is 406. The van der Waals surface area contributed by atoms with Gasteiger partial charge < -0.3 is 5.32 Å². The maximum absolute atomic E-state index is 3.45. The quantitative estimate of drug-likeness (QED) is 0.858. The van der Waals surface area contributed by atoms with E-state index in [0.29, 0.717) is 6.04 Å². The Morgan fingerprint density at radius 3 is 2.05 bits per heavy atom. The number of nitrogens with zero attached hydrogens (tertiary/aromatic N) is 1. The Hall–Kier alpha value is -0.280. The van der Waals surface area contributed by atoms with Gasteiger partial charge in [-0.1, -0.05) is 58.4 Å². The first-order valence-electron chi connectivity index (χ1n) is 8.07. The molecule has 0 unspecified atom stereocenters. The van der Waals surface area contributed by atoms with Crippen molar-refractivity contribution in [2.75, 3.05) is 26.2 Å². The molecule has 4 heteroatoms. The molecule has 1 aromatic carbocycles. The number of halogens is 2. The van der Waals surface area contributed by atoms with Gasteiger partial charge in [-0.25, -0.2) is 0 Å². The first-order chi connectivity index (χ1) is 9.52. The van der Waals surface area contributed by atoms with Crippen molar-refractivity contribution >= 4 is 24.8 Å². The van der Waals surface area contributed by atoms with Crippen molar-refractivity contribution in [3.63, 3.8) is 0 Å². The van der Waals surface area contributed by atoms with E-state index in [0.717, 1.165) is 13.1 Å². The van der Waals surface area contributed by atoms with Crippen molar-refractivity contribution in [2.24, 2.45) is 0 Å². The Morgan fingerprint density at radius 1 is 1.05 bits per heavy atom. The maximum atomic E-state index is 3.45. The number of hydrogen-bond acceptors (Lipinski definition) is 2. The minimum Gasteiger partial charge on any atom is -0.314 e. The molecule has 1 aliphatic rings. The summed E-state index contributed by atoms with van der Waals surface area (Å²) in [5.41, 5.74) is 3.16. The number of hydrogen-bond donors (Lipinski definition) is 1. The minimum atomic E-state index is 0. The third kappa shape index (κ3) is 5.73. The molecule has 1 aromatic rings. The van der Waals surface area contributed by atoms with Gasteiger partial charge in [-0.2, -0.15) is 0 Å². The van der Waals surface area contributed by atoms with E-state index in [-0.39, 0.29) is 30.2 Å². The van der Waals surface area contributed by atoms with Crippen LogP contribution in [0.4, 0.5) is 0 Å². The molecule has 0 aliphatic carbocycles. The van der Waals surface area contributed by atoms with Crippen molar-refractivity contribution in [3.8, 4) is 0 Å². The van der Waals surface area contributed by atoms with E-state index in [4.69, 9.17) is 0 Å². The van der Waals surface area contributed by atoms with Gasteiger partial charge in [-0.3, -0.25) is 4.90 Å². The predicted octanol–water partition coefficient (Wildman–Crippen LogP) is 4.57. The van der Waals surface area contributed by atoms with Crippen LogP contribution >= 0.6 is 24.8 Å². The third-order valence-electron chi connectivity index (χ3n) is 4.32. The second-order valence-electron chi connectivity index (χ2n) is 6.96. The predicted molar refractivity (Wildman–Crippen MR) is 102 cm³/mol. The minimum absolute atomic E-state index is 0. The van der Waals surface area contributed by atoms with Crippen LogP contribution in [0, 0.1) is 0 Å². The Kier molecular flexibility index (Phi) is 9.64. The van der Waals surface area contributed by atoms with Crippen LogP contribution in [0.3, 0.4) is 0 Å². The lowest BCUT2D eigenvalue weighted by Crippen LogP contribution is -2.45. The Labute approximate surface area is 148 Å². The lowest BCUT2D eigenvalue weighted by Gasteiger charge is -2.35. The smallest absolute Gasteiger partial charge is 0.0349 e. The SMILES string of the molecule is CCC[C@@H](c1ccc(C(C)(C)C)cc1)N1CCNCC1.Cl.Cl. The third-order valence-corrected chi connectivity index (χ3v) is 4.32. The van der Waals surface area contributed by atoms with Crippen molar-refractivity contribution < 1.29 is 0 Å². The molecule has 2 nitrogen and oxygen atoms in total. The normalized spacial score (nSPS) is 17.3. The van der Waals surface area contributed by atoms with Gasteiger partial charge in [0.1, 0.15) is 0 Å². The molecule has 128 valence electrons. The van der Waals surface area contributed by atoms with Crippen molar-refractivity contribution in [3.05, 3.63) is 35.4 Å². The maximum Gasteiger partial charge on any atom is 0.0349 e. The highest BCUT2D eigenvalue weighted by atomic mass is 35.5. The van der Waals surface area contributed by atoms with E-state index in [9.17, 15) is 0 Å². The fourth-order valence-corrected chi connectivity index (χ4v) is 3.03. The standard InChI is InChI=1S/C18H30N2.2ClH/c1-5-6-17(20-13-11-19-12-14-20)15-7-9-16(10-8-15)18(2,3)4;;/h7-10,17,19H,5-6,11-14H2,1-4H3;2*1H/t17-;;/m0../s1. The average Bonchev–Trinajstić information content (AvgIpc) is 2.45. The Balaban J connectivity index is 0.00000220. The molecule has 1 saturated heterocycles. The summed E-state index contributed by atoms with van der Waals surface area (Å²) in [6, 6.07) is 9.93. The highest BCUT2D eigenvalue weighted by Crippen LogP contribution is 2.29. The van der Waals surface area contributed by atoms with E-state index >= 15 is 0 Å². The van der Waals surface area contributed by atoms with Crippen LogP contribution in [0.1, 0.15) is 57.7 Å². The molecule has 0 amide bonds. The summed E-state index contributed by atoms with van der Waals surface area (Å²) in [6.07, 6.45) is 2.50. The largest absolute Gasteiger partial charge is 0.314 e. The van der Waals surface area contributed by atoms with E-state index < -0.39 is 0 Å². The van der Waals surface area contributed by atoms with Crippen LogP contribution in [0.2, 0.25) is 0 Å². The summed E-state index contributed by atoms with van der Waals surface area (Å²) in [5.74, 6) is 0. The number of benzene rings is 1. The second kappa shape index (κ2) is 9.77. The summed E-state index contributed by atoms with van der Waals surface area (Å²) in [6.45, 7) is 13.7. The fourth-order valence-electron chi connectivity index (χ4n) is 3.03. The van der Waals surface area contributed by atoms with Gasteiger partial charge >= 0.3 is 0 Å². The molecule has 1 atom stereocenters. The van der Waals surface area contributed by atoms with Crippen LogP contribution in [-0.4, -0.2) is 31.1 Å². The zero-order chi connectivity index (χ0) is 14.6. The van der Waals surface area contributed by atoms with E-state index in [1.807, 2.05) is 0 Å². The van der Waals surface area contributed by atoms with Crippen molar-refractivity contribution in [1.82, 2.24) is 10.2 Å². The Morgan fingerprint density at radius 2 is 1.59 bits per heavy atom. The molecule has 0 saturated carbocycles. The zero-order valence-electron chi connectivity index (χ0n) is 14.4. The summed E-state index contributed by atoms with van der Waals surface area (Å²) >= 11 is 0. The molecule has 1 N–H and O–H groups in total. The number of nitrogens with one attached hydrogen (secondary N) is 1. The highest BCUT2D eigenvalue weighted by molar-refractivity contribution is 5.85. The van der Waals surface area contributed by atoms with Crippen molar-refractivity contribution in [2.45, 2.75) is 52.0 Å². The molecular weight excluding hydrogens is 315 g/mol. The molecule has 0 spiro atoms. The molecule has 0 aromatic heterocycles. The van der Waals surface area contributed by atoms with Gasteiger partial charge in [-0.15, -0.1) is 24.8 Å². The topological polar surface area (TPSA) is 15.3 Å². The second-order valence-corrected chi connectivity index (χ2v) is 6.96. The molecule has 22 heavy (non-hydrogen) atoms. The first-order valence-corrected chi connectivity index (χ1v) is 8.07. The summed E-state index contributed by atoms with van der Waals surface area (Å²) in [5, 5.41) is 3.45. The number of rotatable bonds is 4. The monoisotopic (exact) mass is 346 g/mol. The van der Waals surface area contributed by atoms with E-state index in [2.05, 4.69) is 62.2 Å². The number of piperazine rings is 1. The molecule has 1 aliphatic heterocycles. The lowest BCUT2D eigenvalue weighted by atomic mass is 9.86. The van der Waals surface area contributed by atoms with Crippen LogP contribution in [0.5, 0.6) is 0 Å². The van der Waals surface area contributed by atoms with Crippen LogP contribution in [-0.2, 0) is 5.41 Å². The molecule has 0 radical (unpaired) electrons. The highest BCUT2D eigenvalue weighted by Gasteiger charge is 2.22. The van der Waals surface area contributed by atoms with Gasteiger partial charge in [0.2, 0.25) is 0 Å². The molecule has 0 bridgehead atoms. The molecule has 1 heterocycles. The van der Waals surface area contributed by atoms with Gasteiger partial charge in [0.15, 0.2) is 0 Å². The first kappa shape index (κ1) is 21.7.